The zero-order valence-electron chi connectivity index (χ0n) is 8.66. The maximum Gasteiger partial charge on any atom is 0.0823 e. The summed E-state index contributed by atoms with van der Waals surface area (Å²) in [6.45, 7) is 3.66. The van der Waals surface area contributed by atoms with Gasteiger partial charge in [-0.25, -0.2) is 4.21 Å². The Morgan fingerprint density at radius 1 is 1.00 bits per heavy atom. The van der Waals surface area contributed by atoms with E-state index in [9.17, 15) is 13.3 Å². The number of rotatable bonds is 7. The van der Waals surface area contributed by atoms with E-state index < -0.39 is 9.63 Å². The molecule has 0 aromatic carbocycles. The number of hydrogen-bond acceptors (Lipinski definition) is 1. The first-order chi connectivity index (χ1) is 5.89. The van der Waals surface area contributed by atoms with Crippen LogP contribution in [0.1, 0.15) is 46.0 Å². The third-order valence-corrected chi connectivity index (χ3v) is 4.51. The lowest BCUT2D eigenvalue weighted by Crippen LogP contribution is -2.37. The van der Waals surface area contributed by atoms with Gasteiger partial charge in [0.25, 0.3) is 0 Å². The summed E-state index contributed by atoms with van der Waals surface area (Å²) < 4.78 is 29.8. The first kappa shape index (κ1) is 13.1. The van der Waals surface area contributed by atoms with Gasteiger partial charge >= 0.3 is 0 Å². The highest BCUT2D eigenvalue weighted by atomic mass is 32.3. The lowest BCUT2D eigenvalue weighted by molar-refractivity contribution is 0.389. The molecule has 0 heterocycles. The summed E-state index contributed by atoms with van der Waals surface area (Å²) in [5.41, 5.74) is 0. The van der Waals surface area contributed by atoms with Gasteiger partial charge in [0.1, 0.15) is 0 Å². The highest BCUT2D eigenvalue weighted by Crippen LogP contribution is 2.18. The minimum Gasteiger partial charge on any atom is -0.308 e. The van der Waals surface area contributed by atoms with E-state index in [0.717, 1.165) is 25.7 Å². The van der Waals surface area contributed by atoms with Gasteiger partial charge in [-0.3, -0.25) is 0 Å². The fourth-order valence-corrected chi connectivity index (χ4v) is 2.21. The van der Waals surface area contributed by atoms with Crippen molar-refractivity contribution in [3.63, 3.8) is 0 Å². The molecule has 0 atom stereocenters. The molecule has 4 heteroatoms. The molecule has 82 valence electrons. The Labute approximate surface area is 81.0 Å². The fraction of sp³-hybridized carbons (Fsp3) is 1.00. The van der Waals surface area contributed by atoms with Crippen LogP contribution in [0.3, 0.4) is 0 Å². The van der Waals surface area contributed by atoms with E-state index in [2.05, 4.69) is 6.92 Å². The van der Waals surface area contributed by atoms with Crippen molar-refractivity contribution in [1.82, 2.24) is 0 Å². The van der Waals surface area contributed by atoms with Crippen molar-refractivity contribution in [2.45, 2.75) is 46.0 Å². The van der Waals surface area contributed by atoms with Crippen molar-refractivity contribution in [3.8, 4) is 0 Å². The van der Waals surface area contributed by atoms with Crippen LogP contribution >= 0.6 is 0 Å². The molecule has 2 N–H and O–H groups in total. The largest absolute Gasteiger partial charge is 0.308 e. The molecule has 3 nitrogen and oxygen atoms in total. The van der Waals surface area contributed by atoms with E-state index in [4.69, 9.17) is 0 Å². The summed E-state index contributed by atoms with van der Waals surface area (Å²) in [7, 11) is -4.21. The molecule has 0 aliphatic rings. The molecular weight excluding hydrogens is 188 g/mol. The second-order valence-electron chi connectivity index (χ2n) is 3.59. The predicted octanol–water partition coefficient (Wildman–Crippen LogP) is 2.74. The van der Waals surface area contributed by atoms with Gasteiger partial charge < -0.3 is 9.11 Å². The zero-order chi connectivity index (χ0) is 10.4. The molecule has 0 saturated heterocycles. The smallest absolute Gasteiger partial charge is 0.0823 e. The van der Waals surface area contributed by atoms with Gasteiger partial charge in [-0.15, -0.1) is 0 Å². The average Bonchev–Trinajstić information content (AvgIpc) is 2.04. The van der Waals surface area contributed by atoms with Gasteiger partial charge in [-0.05, 0) is 6.42 Å². The van der Waals surface area contributed by atoms with Gasteiger partial charge in [0, 0.05) is 11.5 Å². The van der Waals surface area contributed by atoms with E-state index in [0.29, 0.717) is 6.42 Å². The predicted molar refractivity (Wildman–Crippen MR) is 57.6 cm³/mol. The van der Waals surface area contributed by atoms with Crippen molar-refractivity contribution in [3.05, 3.63) is 0 Å². The van der Waals surface area contributed by atoms with Crippen LogP contribution < -0.4 is 0 Å². The Morgan fingerprint density at radius 2 is 1.54 bits per heavy atom. The first-order valence-electron chi connectivity index (χ1n) is 5.02. The molecule has 13 heavy (non-hydrogen) atoms. The SMILES string of the molecule is CCCCCCCS(=O)(O)(O)CC. The standard InChI is InChI=1S/C9H22O3S/c1-3-5-6-7-8-9-13(10,11,12)4-2/h3-9H2,1-2H3,(H2,10,11,12). The lowest BCUT2D eigenvalue weighted by Gasteiger charge is -2.28. The first-order valence-corrected chi connectivity index (χ1v) is 7.24. The van der Waals surface area contributed by atoms with Crippen LogP contribution in [-0.2, 0) is 9.63 Å². The van der Waals surface area contributed by atoms with E-state index in [1.54, 1.807) is 6.92 Å². The topological polar surface area (TPSA) is 57.5 Å². The maximum absolute atomic E-state index is 11.3. The van der Waals surface area contributed by atoms with Crippen LogP contribution in [-0.4, -0.2) is 24.8 Å². The molecule has 0 saturated carbocycles. The second-order valence-corrected chi connectivity index (χ2v) is 6.95. The van der Waals surface area contributed by atoms with E-state index >= 15 is 0 Å². The molecule has 0 rings (SSSR count). The van der Waals surface area contributed by atoms with E-state index in [1.165, 1.54) is 0 Å². The van der Waals surface area contributed by atoms with Crippen molar-refractivity contribution in [2.24, 2.45) is 0 Å². The zero-order valence-corrected chi connectivity index (χ0v) is 9.48. The Kier molecular flexibility index (Phi) is 5.10. The third kappa shape index (κ3) is 7.16. The van der Waals surface area contributed by atoms with Gasteiger partial charge in [0.05, 0.1) is 9.63 Å². The van der Waals surface area contributed by atoms with E-state index in [-0.39, 0.29) is 11.5 Å². The van der Waals surface area contributed by atoms with Gasteiger partial charge in [-0.1, -0.05) is 39.5 Å². The highest BCUT2D eigenvalue weighted by molar-refractivity contribution is 8.10. The highest BCUT2D eigenvalue weighted by Gasteiger charge is 2.25. The quantitative estimate of drug-likeness (QED) is 0.635. The molecule has 0 radical (unpaired) electrons. The van der Waals surface area contributed by atoms with Crippen LogP contribution in [0.25, 0.3) is 0 Å². The molecule has 0 bridgehead atoms. The van der Waals surface area contributed by atoms with Gasteiger partial charge in [-0.2, -0.15) is 0 Å². The summed E-state index contributed by atoms with van der Waals surface area (Å²) in [6.07, 6.45) is 4.99. The second kappa shape index (κ2) is 5.08. The summed E-state index contributed by atoms with van der Waals surface area (Å²) >= 11 is 0. The van der Waals surface area contributed by atoms with Crippen molar-refractivity contribution in [1.29, 1.82) is 0 Å². The normalized spacial score (nSPS) is 15.2. The van der Waals surface area contributed by atoms with Crippen molar-refractivity contribution < 1.29 is 13.3 Å². The summed E-state index contributed by atoms with van der Waals surface area (Å²) in [5, 5.41) is 0. The molecule has 0 amide bonds. The van der Waals surface area contributed by atoms with Gasteiger partial charge in [0.15, 0.2) is 0 Å². The van der Waals surface area contributed by atoms with Crippen molar-refractivity contribution in [2.75, 3.05) is 11.5 Å². The molecule has 0 aliphatic carbocycles. The maximum atomic E-state index is 11.3. The minimum absolute atomic E-state index is 0.0391. The fourth-order valence-electron chi connectivity index (χ4n) is 1.14. The molecule has 0 aliphatic heterocycles. The lowest BCUT2D eigenvalue weighted by atomic mass is 10.2. The third-order valence-electron chi connectivity index (χ3n) is 2.24. The van der Waals surface area contributed by atoms with Crippen LogP contribution in [0.2, 0.25) is 0 Å². The van der Waals surface area contributed by atoms with E-state index in [1.807, 2.05) is 0 Å². The molecular formula is C9H22O3S. The van der Waals surface area contributed by atoms with Crippen LogP contribution in [0.4, 0.5) is 0 Å². The Hall–Kier alpha value is 0.0700. The van der Waals surface area contributed by atoms with Crippen LogP contribution in [0.5, 0.6) is 0 Å². The molecule has 0 fully saturated rings. The number of unbranched alkanes of at least 4 members (excludes halogenated alkanes) is 4. The monoisotopic (exact) mass is 210 g/mol. The molecule has 0 aromatic heterocycles. The van der Waals surface area contributed by atoms with Crippen LogP contribution in [0.15, 0.2) is 0 Å². The molecule has 0 spiro atoms. The average molecular weight is 210 g/mol. The summed E-state index contributed by atoms with van der Waals surface area (Å²) in [5.74, 6) is -0.0115. The van der Waals surface area contributed by atoms with Crippen LogP contribution in [0, 0.1) is 0 Å². The minimum atomic E-state index is -4.21. The summed E-state index contributed by atoms with van der Waals surface area (Å²) in [6, 6.07) is 0. The van der Waals surface area contributed by atoms with Gasteiger partial charge in [0.2, 0.25) is 0 Å². The number of hydrogen-bond donors (Lipinski definition) is 2. The Bertz CT molecular complexity index is 195. The Balaban J connectivity index is 3.59. The summed E-state index contributed by atoms with van der Waals surface area (Å²) in [4.78, 5) is 0. The Morgan fingerprint density at radius 3 is 2.00 bits per heavy atom. The van der Waals surface area contributed by atoms with Crippen molar-refractivity contribution >= 4 is 9.63 Å². The molecule has 0 unspecified atom stereocenters. The molecule has 0 aromatic rings.